The van der Waals surface area contributed by atoms with E-state index in [9.17, 15) is 9.11 Å². The maximum atomic E-state index is 10.6. The van der Waals surface area contributed by atoms with E-state index < -0.39 is 10.6 Å². The number of methoxy groups -OCH3 is 1. The summed E-state index contributed by atoms with van der Waals surface area (Å²) < 4.78 is 26.6. The Morgan fingerprint density at radius 3 is 2.78 bits per heavy atom. The number of hydrogen-bond donors (Lipinski definition) is 3. The first-order valence-corrected chi connectivity index (χ1v) is 10.4. The molecule has 0 saturated heterocycles. The molecule has 0 unspecified atom stereocenters. The SMILES string of the molecule is COc1ccc2c(c1)CN(c1cc(N)c3cccc(C)c3n1)CCS2(O)O. The Hall–Kier alpha value is -2.48. The van der Waals surface area contributed by atoms with Gasteiger partial charge in [0.1, 0.15) is 11.6 Å². The molecular formula is C20H23N3O3S. The molecule has 6 nitrogen and oxygen atoms in total. The summed E-state index contributed by atoms with van der Waals surface area (Å²) in [7, 11) is -1.26. The normalized spacial score (nSPS) is 17.3. The van der Waals surface area contributed by atoms with Gasteiger partial charge in [0.25, 0.3) is 0 Å². The number of aryl methyl sites for hydroxylation is 1. The second kappa shape index (κ2) is 6.60. The third-order valence-corrected chi connectivity index (χ3v) is 6.87. The van der Waals surface area contributed by atoms with E-state index in [4.69, 9.17) is 15.5 Å². The van der Waals surface area contributed by atoms with Gasteiger partial charge in [0, 0.05) is 30.2 Å². The number of ether oxygens (including phenoxy) is 1. The number of aromatic nitrogens is 1. The highest BCUT2D eigenvalue weighted by Gasteiger charge is 2.27. The third kappa shape index (κ3) is 3.18. The summed E-state index contributed by atoms with van der Waals surface area (Å²) >= 11 is 0. The van der Waals surface area contributed by atoms with Gasteiger partial charge in [-0.1, -0.05) is 18.2 Å². The Balaban J connectivity index is 1.81. The highest BCUT2D eigenvalue weighted by Crippen LogP contribution is 2.52. The standard InChI is InChI=1S/C20H23N3O3S/c1-13-4-3-5-16-17(21)11-19(22-20(13)16)23-8-9-27(24,25)18-7-6-15(26-2)10-14(18)12-23/h3-7,10-11,24-25H,8-9,12H2,1-2H3,(H2,21,22). The summed E-state index contributed by atoms with van der Waals surface area (Å²) in [6.07, 6.45) is 0. The average Bonchev–Trinajstić information content (AvgIpc) is 2.78. The molecule has 1 aromatic heterocycles. The monoisotopic (exact) mass is 385 g/mol. The fraction of sp³-hybridized carbons (Fsp3) is 0.250. The second-order valence-electron chi connectivity index (χ2n) is 6.81. The molecule has 2 heterocycles. The van der Waals surface area contributed by atoms with Gasteiger partial charge in [0.2, 0.25) is 0 Å². The van der Waals surface area contributed by atoms with Crippen LogP contribution in [0.25, 0.3) is 10.9 Å². The molecule has 4 N–H and O–H groups in total. The zero-order valence-corrected chi connectivity index (χ0v) is 16.2. The van der Waals surface area contributed by atoms with E-state index in [2.05, 4.69) is 0 Å². The molecule has 2 aromatic carbocycles. The number of anilines is 2. The number of rotatable bonds is 2. The van der Waals surface area contributed by atoms with Crippen molar-refractivity contribution in [3.05, 3.63) is 53.6 Å². The summed E-state index contributed by atoms with van der Waals surface area (Å²) in [6.45, 7) is 2.99. The van der Waals surface area contributed by atoms with Crippen molar-refractivity contribution in [2.24, 2.45) is 0 Å². The Morgan fingerprint density at radius 2 is 2.00 bits per heavy atom. The van der Waals surface area contributed by atoms with Crippen LogP contribution < -0.4 is 15.4 Å². The van der Waals surface area contributed by atoms with Crippen LogP contribution in [0.1, 0.15) is 11.1 Å². The Labute approximate surface area is 159 Å². The molecule has 0 atom stereocenters. The van der Waals surface area contributed by atoms with E-state index >= 15 is 0 Å². The number of nitrogen functional groups attached to an aromatic ring is 1. The molecule has 0 aliphatic carbocycles. The molecule has 0 amide bonds. The van der Waals surface area contributed by atoms with Crippen molar-refractivity contribution >= 4 is 33.0 Å². The highest BCUT2D eigenvalue weighted by atomic mass is 32.3. The molecule has 0 bridgehead atoms. The van der Waals surface area contributed by atoms with Crippen molar-refractivity contribution in [1.29, 1.82) is 0 Å². The number of nitrogens with zero attached hydrogens (tertiary/aromatic N) is 2. The van der Waals surface area contributed by atoms with Crippen LogP contribution in [0.5, 0.6) is 5.75 Å². The van der Waals surface area contributed by atoms with E-state index in [0.717, 1.165) is 27.8 Å². The van der Waals surface area contributed by atoms with Gasteiger partial charge in [-0.25, -0.2) is 4.98 Å². The van der Waals surface area contributed by atoms with Gasteiger partial charge >= 0.3 is 0 Å². The van der Waals surface area contributed by atoms with Crippen LogP contribution in [-0.4, -0.2) is 33.5 Å². The maximum absolute atomic E-state index is 10.6. The van der Waals surface area contributed by atoms with E-state index in [0.29, 0.717) is 29.4 Å². The minimum Gasteiger partial charge on any atom is -0.497 e. The minimum absolute atomic E-state index is 0.250. The van der Waals surface area contributed by atoms with Gasteiger partial charge in [0.05, 0.1) is 23.3 Å². The Morgan fingerprint density at radius 1 is 1.19 bits per heavy atom. The molecule has 27 heavy (non-hydrogen) atoms. The van der Waals surface area contributed by atoms with Crippen molar-refractivity contribution in [2.75, 3.05) is 30.0 Å². The molecule has 3 aromatic rings. The Bertz CT molecular complexity index is 1020. The van der Waals surface area contributed by atoms with Gasteiger partial charge in [-0.05, 0) is 36.2 Å². The van der Waals surface area contributed by atoms with Crippen LogP contribution in [0, 0.1) is 6.92 Å². The molecule has 1 aliphatic rings. The lowest BCUT2D eigenvalue weighted by molar-refractivity contribution is 0.413. The lowest BCUT2D eigenvalue weighted by Gasteiger charge is -2.32. The summed E-state index contributed by atoms with van der Waals surface area (Å²) in [5, 5.41) is 0.930. The van der Waals surface area contributed by atoms with E-state index in [1.165, 1.54) is 0 Å². The third-order valence-electron chi connectivity index (χ3n) is 5.01. The number of pyridine rings is 1. The van der Waals surface area contributed by atoms with Crippen LogP contribution >= 0.6 is 10.6 Å². The number of para-hydroxylation sites is 1. The first-order chi connectivity index (χ1) is 12.9. The van der Waals surface area contributed by atoms with Crippen LogP contribution in [0.4, 0.5) is 11.5 Å². The quantitative estimate of drug-likeness (QED) is 0.610. The van der Waals surface area contributed by atoms with E-state index in [1.807, 2.05) is 42.2 Å². The topological polar surface area (TPSA) is 91.8 Å². The molecule has 0 fully saturated rings. The van der Waals surface area contributed by atoms with Crippen LogP contribution in [0.15, 0.2) is 47.4 Å². The highest BCUT2D eigenvalue weighted by molar-refractivity contribution is 8.24. The van der Waals surface area contributed by atoms with Crippen molar-refractivity contribution in [3.63, 3.8) is 0 Å². The van der Waals surface area contributed by atoms with Crippen LogP contribution in [0.2, 0.25) is 0 Å². The molecule has 0 saturated carbocycles. The predicted molar refractivity (Wildman–Crippen MR) is 111 cm³/mol. The largest absolute Gasteiger partial charge is 0.497 e. The fourth-order valence-electron chi connectivity index (χ4n) is 3.52. The number of fused-ring (bicyclic) bond motifs is 2. The van der Waals surface area contributed by atoms with Gasteiger partial charge in [-0.15, -0.1) is 0 Å². The first-order valence-electron chi connectivity index (χ1n) is 8.73. The number of nitrogens with two attached hydrogens (primary N) is 1. The molecule has 7 heteroatoms. The lowest BCUT2D eigenvalue weighted by atomic mass is 10.1. The maximum Gasteiger partial charge on any atom is 0.131 e. The van der Waals surface area contributed by atoms with Crippen molar-refractivity contribution < 1.29 is 13.8 Å². The molecule has 0 radical (unpaired) electrons. The summed E-state index contributed by atoms with van der Waals surface area (Å²) in [6, 6.07) is 13.2. The fourth-order valence-corrected chi connectivity index (χ4v) is 5.04. The number of benzene rings is 2. The molecular weight excluding hydrogens is 362 g/mol. The van der Waals surface area contributed by atoms with Crippen molar-refractivity contribution in [1.82, 2.24) is 4.98 Å². The zero-order valence-electron chi connectivity index (χ0n) is 15.3. The predicted octanol–water partition coefficient (Wildman–Crippen LogP) is 4.26. The van der Waals surface area contributed by atoms with Gasteiger partial charge in [-0.2, -0.15) is 10.6 Å². The first kappa shape index (κ1) is 17.9. The van der Waals surface area contributed by atoms with Gasteiger partial charge in [0.15, 0.2) is 0 Å². The molecule has 1 aliphatic heterocycles. The number of hydrogen-bond acceptors (Lipinski definition) is 6. The average molecular weight is 385 g/mol. The summed E-state index contributed by atoms with van der Waals surface area (Å²) in [4.78, 5) is 7.45. The van der Waals surface area contributed by atoms with Crippen molar-refractivity contribution in [3.8, 4) is 5.75 Å². The zero-order chi connectivity index (χ0) is 19.2. The van der Waals surface area contributed by atoms with Crippen LogP contribution in [0.3, 0.4) is 0 Å². The van der Waals surface area contributed by atoms with Gasteiger partial charge in [-0.3, -0.25) is 9.11 Å². The van der Waals surface area contributed by atoms with Gasteiger partial charge < -0.3 is 15.4 Å². The Kier molecular flexibility index (Phi) is 4.38. The van der Waals surface area contributed by atoms with Crippen LogP contribution in [-0.2, 0) is 6.54 Å². The lowest BCUT2D eigenvalue weighted by Crippen LogP contribution is -2.26. The minimum atomic E-state index is -2.86. The summed E-state index contributed by atoms with van der Waals surface area (Å²) in [5.74, 6) is 1.67. The molecule has 0 spiro atoms. The molecule has 142 valence electrons. The van der Waals surface area contributed by atoms with E-state index in [1.54, 1.807) is 19.2 Å². The smallest absolute Gasteiger partial charge is 0.131 e. The second-order valence-corrected chi connectivity index (χ2v) is 8.99. The van der Waals surface area contributed by atoms with Crippen molar-refractivity contribution in [2.45, 2.75) is 18.4 Å². The van der Waals surface area contributed by atoms with E-state index in [-0.39, 0.29) is 5.75 Å². The molecule has 4 rings (SSSR count). The summed E-state index contributed by atoms with van der Waals surface area (Å²) in [5.41, 5.74) is 9.71.